The van der Waals surface area contributed by atoms with Crippen LogP contribution in [-0.2, 0) is 21.5 Å². The normalized spacial score (nSPS) is 21.8. The van der Waals surface area contributed by atoms with Gasteiger partial charge in [-0.15, -0.1) is 0 Å². The molecule has 1 saturated carbocycles. The maximum Gasteiger partial charge on any atom is 0.306 e. The fourth-order valence-electron chi connectivity index (χ4n) is 2.75. The molecule has 6 nitrogen and oxygen atoms in total. The van der Waals surface area contributed by atoms with Gasteiger partial charge in [0.05, 0.1) is 5.92 Å². The van der Waals surface area contributed by atoms with Gasteiger partial charge in [-0.25, -0.2) is 4.39 Å². The lowest BCUT2D eigenvalue weighted by Crippen LogP contribution is -2.45. The molecule has 24 heavy (non-hydrogen) atoms. The number of benzene rings is 1. The average molecular weight is 379 g/mol. The van der Waals surface area contributed by atoms with Crippen LogP contribution in [0.3, 0.4) is 0 Å². The second-order valence-electron chi connectivity index (χ2n) is 5.97. The van der Waals surface area contributed by atoms with Crippen molar-refractivity contribution in [1.29, 1.82) is 0 Å². The molecule has 2 N–H and O–H groups in total. The van der Waals surface area contributed by atoms with Gasteiger partial charge in [0.15, 0.2) is 0 Å². The SMILES string of the molecule is CN(Cc1c(F)cccc1Cl)S(=O)(=O)NC1CCC(C(=O)O)CC1. The Hall–Kier alpha value is -1.22. The number of rotatable bonds is 6. The summed E-state index contributed by atoms with van der Waals surface area (Å²) in [6, 6.07) is 3.86. The van der Waals surface area contributed by atoms with Crippen molar-refractivity contribution in [2.75, 3.05) is 7.05 Å². The van der Waals surface area contributed by atoms with E-state index in [1.165, 1.54) is 25.2 Å². The molecule has 2 rings (SSSR count). The third kappa shape index (κ3) is 4.66. The molecule has 1 aromatic carbocycles. The zero-order chi connectivity index (χ0) is 17.9. The van der Waals surface area contributed by atoms with Crippen LogP contribution in [0.15, 0.2) is 18.2 Å². The van der Waals surface area contributed by atoms with Crippen molar-refractivity contribution in [3.63, 3.8) is 0 Å². The van der Waals surface area contributed by atoms with Crippen LogP contribution in [0.4, 0.5) is 4.39 Å². The highest BCUT2D eigenvalue weighted by atomic mass is 35.5. The third-order valence-corrected chi connectivity index (χ3v) is 6.18. The Morgan fingerprint density at radius 1 is 1.38 bits per heavy atom. The Balaban J connectivity index is 1.99. The lowest BCUT2D eigenvalue weighted by atomic mass is 9.87. The Morgan fingerprint density at radius 3 is 2.54 bits per heavy atom. The largest absolute Gasteiger partial charge is 0.481 e. The standard InChI is InChI=1S/C15H20ClFN2O4S/c1-19(9-12-13(16)3-2-4-14(12)17)24(22,23)18-11-7-5-10(6-8-11)15(20)21/h2-4,10-11,18H,5-9H2,1H3,(H,20,21). The molecule has 1 aromatic rings. The second kappa shape index (κ2) is 7.77. The zero-order valence-corrected chi connectivity index (χ0v) is 14.8. The van der Waals surface area contributed by atoms with Gasteiger partial charge in [0.1, 0.15) is 5.82 Å². The first-order valence-electron chi connectivity index (χ1n) is 7.60. The Kier molecular flexibility index (Phi) is 6.19. The first-order valence-corrected chi connectivity index (χ1v) is 9.42. The molecule has 0 bridgehead atoms. The van der Waals surface area contributed by atoms with Crippen LogP contribution in [0, 0.1) is 11.7 Å². The first-order chi connectivity index (χ1) is 11.2. The Labute approximate surface area is 145 Å². The topological polar surface area (TPSA) is 86.7 Å². The van der Waals surface area contributed by atoms with E-state index < -0.39 is 27.9 Å². The van der Waals surface area contributed by atoms with Crippen molar-refractivity contribution in [3.8, 4) is 0 Å². The number of hydrogen-bond acceptors (Lipinski definition) is 3. The molecule has 0 spiro atoms. The number of hydrogen-bond donors (Lipinski definition) is 2. The highest BCUT2D eigenvalue weighted by molar-refractivity contribution is 7.87. The molecule has 1 aliphatic rings. The van der Waals surface area contributed by atoms with E-state index in [1.807, 2.05) is 0 Å². The number of nitrogens with one attached hydrogen (secondary N) is 1. The molecule has 0 aromatic heterocycles. The van der Waals surface area contributed by atoms with E-state index in [0.717, 1.165) is 4.31 Å². The number of carbonyl (C=O) groups is 1. The molecule has 0 saturated heterocycles. The van der Waals surface area contributed by atoms with Crippen LogP contribution in [0.5, 0.6) is 0 Å². The van der Waals surface area contributed by atoms with Gasteiger partial charge in [0, 0.05) is 30.2 Å². The van der Waals surface area contributed by atoms with Crippen molar-refractivity contribution in [2.24, 2.45) is 5.92 Å². The van der Waals surface area contributed by atoms with Crippen molar-refractivity contribution in [2.45, 2.75) is 38.3 Å². The van der Waals surface area contributed by atoms with Crippen LogP contribution >= 0.6 is 11.6 Å². The van der Waals surface area contributed by atoms with Crippen molar-refractivity contribution >= 4 is 27.8 Å². The molecule has 0 amide bonds. The molecule has 0 unspecified atom stereocenters. The average Bonchev–Trinajstić information content (AvgIpc) is 2.51. The van der Waals surface area contributed by atoms with Crippen LogP contribution in [0.2, 0.25) is 5.02 Å². The Morgan fingerprint density at radius 2 is 2.00 bits per heavy atom. The van der Waals surface area contributed by atoms with Gasteiger partial charge in [-0.1, -0.05) is 17.7 Å². The van der Waals surface area contributed by atoms with Crippen molar-refractivity contribution in [3.05, 3.63) is 34.6 Å². The first kappa shape index (κ1) is 19.1. The summed E-state index contributed by atoms with van der Waals surface area (Å²) in [5.41, 5.74) is 0.113. The lowest BCUT2D eigenvalue weighted by Gasteiger charge is -2.28. The molecule has 1 aliphatic carbocycles. The summed E-state index contributed by atoms with van der Waals surface area (Å²) in [6.07, 6.45) is 1.80. The van der Waals surface area contributed by atoms with E-state index in [2.05, 4.69) is 4.72 Å². The molecular weight excluding hydrogens is 359 g/mol. The number of halogens is 2. The highest BCUT2D eigenvalue weighted by Gasteiger charge is 2.30. The van der Waals surface area contributed by atoms with Gasteiger partial charge in [0.2, 0.25) is 0 Å². The van der Waals surface area contributed by atoms with E-state index in [4.69, 9.17) is 16.7 Å². The van der Waals surface area contributed by atoms with Crippen LogP contribution < -0.4 is 4.72 Å². The molecule has 134 valence electrons. The van der Waals surface area contributed by atoms with E-state index in [1.54, 1.807) is 0 Å². The van der Waals surface area contributed by atoms with E-state index in [-0.39, 0.29) is 23.2 Å². The summed E-state index contributed by atoms with van der Waals surface area (Å²) in [6.45, 7) is -0.189. The molecule has 9 heteroatoms. The summed E-state index contributed by atoms with van der Waals surface area (Å²) < 4.78 is 42.1. The minimum absolute atomic E-state index is 0.113. The van der Waals surface area contributed by atoms with Gasteiger partial charge in [-0.3, -0.25) is 4.79 Å². The lowest BCUT2D eigenvalue weighted by molar-refractivity contribution is -0.142. The molecule has 0 heterocycles. The number of aliphatic carboxylic acids is 1. The summed E-state index contributed by atoms with van der Waals surface area (Å²) in [7, 11) is -2.48. The molecule has 1 fully saturated rings. The minimum Gasteiger partial charge on any atom is -0.481 e. The summed E-state index contributed by atoms with van der Waals surface area (Å²) >= 11 is 5.92. The summed E-state index contributed by atoms with van der Waals surface area (Å²) in [5.74, 6) is -1.82. The van der Waals surface area contributed by atoms with Gasteiger partial charge in [0.25, 0.3) is 10.2 Å². The van der Waals surface area contributed by atoms with Gasteiger partial charge in [-0.05, 0) is 37.8 Å². The minimum atomic E-state index is -3.82. The fraction of sp³-hybridized carbons (Fsp3) is 0.533. The summed E-state index contributed by atoms with van der Waals surface area (Å²) in [5, 5.41) is 9.13. The van der Waals surface area contributed by atoms with E-state index >= 15 is 0 Å². The van der Waals surface area contributed by atoms with Crippen molar-refractivity contribution in [1.82, 2.24) is 9.03 Å². The number of carboxylic acid groups (broad SMARTS) is 1. The smallest absolute Gasteiger partial charge is 0.306 e. The third-order valence-electron chi connectivity index (χ3n) is 4.24. The molecule has 0 atom stereocenters. The summed E-state index contributed by atoms with van der Waals surface area (Å²) in [4.78, 5) is 10.9. The van der Waals surface area contributed by atoms with E-state index in [0.29, 0.717) is 25.7 Å². The Bertz CT molecular complexity index is 685. The van der Waals surface area contributed by atoms with Crippen LogP contribution in [0.25, 0.3) is 0 Å². The maximum absolute atomic E-state index is 13.8. The zero-order valence-electron chi connectivity index (χ0n) is 13.2. The molecular formula is C15H20ClFN2O4S. The van der Waals surface area contributed by atoms with Gasteiger partial charge >= 0.3 is 5.97 Å². The molecule has 0 radical (unpaired) electrons. The predicted molar refractivity (Wildman–Crippen MR) is 88.3 cm³/mol. The van der Waals surface area contributed by atoms with Crippen LogP contribution in [0.1, 0.15) is 31.2 Å². The number of nitrogens with zero attached hydrogens (tertiary/aromatic N) is 1. The number of carboxylic acids is 1. The second-order valence-corrected chi connectivity index (χ2v) is 8.18. The quantitative estimate of drug-likeness (QED) is 0.795. The molecule has 0 aliphatic heterocycles. The fourth-order valence-corrected chi connectivity index (χ4v) is 4.11. The predicted octanol–water partition coefficient (Wildman–Crippen LogP) is 2.39. The van der Waals surface area contributed by atoms with Gasteiger partial charge < -0.3 is 5.11 Å². The van der Waals surface area contributed by atoms with Crippen LogP contribution in [-0.4, -0.2) is 36.9 Å². The van der Waals surface area contributed by atoms with E-state index in [9.17, 15) is 17.6 Å². The highest BCUT2D eigenvalue weighted by Crippen LogP contribution is 2.26. The maximum atomic E-state index is 13.8. The monoisotopic (exact) mass is 378 g/mol. The van der Waals surface area contributed by atoms with Crippen molar-refractivity contribution < 1.29 is 22.7 Å². The van der Waals surface area contributed by atoms with Gasteiger partial charge in [-0.2, -0.15) is 17.4 Å².